The third-order valence-corrected chi connectivity index (χ3v) is 2.51. The average Bonchev–Trinajstić information content (AvgIpc) is 2.15. The van der Waals surface area contributed by atoms with Crippen molar-refractivity contribution in [2.24, 2.45) is 0 Å². The Morgan fingerprint density at radius 3 is 1.93 bits per heavy atom. The van der Waals surface area contributed by atoms with Crippen molar-refractivity contribution in [2.75, 3.05) is 0 Å². The van der Waals surface area contributed by atoms with Crippen LogP contribution in [0.25, 0.3) is 0 Å². The summed E-state index contributed by atoms with van der Waals surface area (Å²) in [7, 11) is 0. The third kappa shape index (κ3) is 4.10. The molecule has 0 N–H and O–H groups in total. The van der Waals surface area contributed by atoms with Crippen LogP contribution in [0.3, 0.4) is 0 Å². The van der Waals surface area contributed by atoms with Gasteiger partial charge < -0.3 is 4.79 Å². The molecule has 0 amide bonds. The Kier molecular flexibility index (Phi) is 5.79. The molecule has 0 aliphatic carbocycles. The van der Waals surface area contributed by atoms with E-state index in [1.54, 1.807) is 0 Å². The summed E-state index contributed by atoms with van der Waals surface area (Å²) in [6.07, 6.45) is 0.978. The van der Waals surface area contributed by atoms with E-state index in [4.69, 9.17) is 0 Å². The zero-order valence-electron chi connectivity index (χ0n) is 10.4. The quantitative estimate of drug-likeness (QED) is 0.545. The molecule has 77 valence electrons. The molecule has 0 aliphatic heterocycles. The van der Waals surface area contributed by atoms with Gasteiger partial charge in [-0.1, -0.05) is 52.0 Å². The number of carbonyl (C=O) groups excluding carboxylic acids is 1. The Balaban J connectivity index is 0.00000196. The minimum absolute atomic E-state index is 0. The smallest absolute Gasteiger partial charge is 0.127 e. The number of hydrogen-bond acceptors (Lipinski definition) is 1. The van der Waals surface area contributed by atoms with E-state index < -0.39 is 0 Å². The summed E-state index contributed by atoms with van der Waals surface area (Å²) in [4.78, 5) is 10.6. The summed E-state index contributed by atoms with van der Waals surface area (Å²) in [6, 6.07) is 8.30. The largest absolute Gasteiger partial charge is 0.303 e. The van der Waals surface area contributed by atoms with Gasteiger partial charge in [0.25, 0.3) is 0 Å². The van der Waals surface area contributed by atoms with Crippen LogP contribution in [-0.2, 0) is 10.2 Å². The Hall–Kier alpha value is -0.110. The predicted molar refractivity (Wildman–Crippen MR) is 65.4 cm³/mol. The number of carbonyl (C=O) groups is 1. The van der Waals surface area contributed by atoms with Crippen molar-refractivity contribution in [3.8, 4) is 0 Å². The molecule has 0 spiro atoms. The van der Waals surface area contributed by atoms with Crippen molar-refractivity contribution in [1.29, 1.82) is 0 Å². The maximum atomic E-state index is 10.6. The second kappa shape index (κ2) is 5.83. The Morgan fingerprint density at radius 2 is 1.60 bits per heavy atom. The van der Waals surface area contributed by atoms with E-state index in [2.05, 4.69) is 32.9 Å². The van der Waals surface area contributed by atoms with Gasteiger partial charge in [0, 0.05) is 35.5 Å². The summed E-state index contributed by atoms with van der Waals surface area (Å²) in [5.74, 6) is 0.00372. The van der Waals surface area contributed by atoms with Crippen molar-refractivity contribution in [1.82, 2.24) is 0 Å². The van der Waals surface area contributed by atoms with E-state index in [1.807, 2.05) is 19.1 Å². The van der Waals surface area contributed by atoms with Gasteiger partial charge in [0.15, 0.2) is 0 Å². The molecule has 1 unspecified atom stereocenters. The van der Waals surface area contributed by atoms with Crippen LogP contribution in [0, 0.1) is 0 Å². The minimum Gasteiger partial charge on any atom is -0.303 e. The fourth-order valence-electron chi connectivity index (χ4n) is 1.37. The van der Waals surface area contributed by atoms with E-state index in [0.717, 1.165) is 11.8 Å². The van der Waals surface area contributed by atoms with E-state index in [1.165, 1.54) is 5.56 Å². The molecular weight excluding hydrogens is 195 g/mol. The first kappa shape index (κ1) is 14.9. The van der Waals surface area contributed by atoms with Crippen molar-refractivity contribution in [3.63, 3.8) is 0 Å². The third-order valence-electron chi connectivity index (χ3n) is 2.51. The van der Waals surface area contributed by atoms with E-state index in [9.17, 15) is 4.79 Å². The van der Waals surface area contributed by atoms with E-state index in [-0.39, 0.29) is 40.9 Å². The van der Waals surface area contributed by atoms with E-state index in [0.29, 0.717) is 0 Å². The first-order valence-electron chi connectivity index (χ1n) is 5.01. The van der Waals surface area contributed by atoms with Crippen LogP contribution in [0.15, 0.2) is 24.3 Å². The van der Waals surface area contributed by atoms with Crippen molar-refractivity contribution in [2.45, 2.75) is 39.0 Å². The van der Waals surface area contributed by atoms with Gasteiger partial charge in [-0.3, -0.25) is 0 Å². The van der Waals surface area contributed by atoms with Gasteiger partial charge in [-0.15, -0.1) is 0 Å². The maximum absolute atomic E-state index is 10.6. The topological polar surface area (TPSA) is 17.1 Å². The van der Waals surface area contributed by atoms with Gasteiger partial charge in [0.1, 0.15) is 6.29 Å². The Bertz CT molecular complexity index is 308. The number of hydrogen-bond donors (Lipinski definition) is 0. The van der Waals surface area contributed by atoms with Crippen LogP contribution in [0.2, 0.25) is 0 Å². The molecular formula is C13H18NaO. The van der Waals surface area contributed by atoms with Crippen LogP contribution in [0.4, 0.5) is 0 Å². The van der Waals surface area contributed by atoms with Crippen molar-refractivity contribution < 1.29 is 4.79 Å². The standard InChI is InChI=1S/C13H18O.Na/c1-10(9-14)11-5-7-12(8-6-11)13(2,3)4;/h5-10H,1-4H3;. The molecule has 0 saturated carbocycles. The second-order valence-electron chi connectivity index (χ2n) is 4.80. The molecule has 1 atom stereocenters. The van der Waals surface area contributed by atoms with Gasteiger partial charge in [-0.05, 0) is 16.5 Å². The molecule has 0 saturated heterocycles. The zero-order valence-corrected chi connectivity index (χ0v) is 12.4. The van der Waals surface area contributed by atoms with Crippen LogP contribution in [0.5, 0.6) is 0 Å². The van der Waals surface area contributed by atoms with E-state index >= 15 is 0 Å². The number of aldehydes is 1. The van der Waals surface area contributed by atoms with Gasteiger partial charge >= 0.3 is 0 Å². The predicted octanol–water partition coefficient (Wildman–Crippen LogP) is 2.91. The zero-order chi connectivity index (χ0) is 10.8. The number of benzene rings is 1. The second-order valence-corrected chi connectivity index (χ2v) is 4.80. The molecule has 0 heterocycles. The molecule has 0 aliphatic rings. The molecule has 15 heavy (non-hydrogen) atoms. The fraction of sp³-hybridized carbons (Fsp3) is 0.462. The van der Waals surface area contributed by atoms with Gasteiger partial charge in [0.05, 0.1) is 0 Å². The van der Waals surface area contributed by atoms with Crippen molar-refractivity contribution >= 4 is 35.8 Å². The summed E-state index contributed by atoms with van der Waals surface area (Å²) in [5.41, 5.74) is 2.58. The number of rotatable bonds is 2. The molecule has 1 aromatic carbocycles. The van der Waals surface area contributed by atoms with Gasteiger partial charge in [-0.2, -0.15) is 0 Å². The van der Waals surface area contributed by atoms with Gasteiger partial charge in [-0.25, -0.2) is 0 Å². The molecule has 1 aromatic rings. The summed E-state index contributed by atoms with van der Waals surface area (Å²) in [5, 5.41) is 0. The van der Waals surface area contributed by atoms with Crippen LogP contribution in [-0.4, -0.2) is 35.8 Å². The van der Waals surface area contributed by atoms with Crippen LogP contribution < -0.4 is 0 Å². The first-order valence-corrected chi connectivity index (χ1v) is 5.01. The summed E-state index contributed by atoms with van der Waals surface area (Å²) < 4.78 is 0. The Labute approximate surface area is 115 Å². The maximum Gasteiger partial charge on any atom is 0.127 e. The fourth-order valence-corrected chi connectivity index (χ4v) is 1.37. The molecule has 1 rings (SSSR count). The molecule has 2 heteroatoms. The van der Waals surface area contributed by atoms with Gasteiger partial charge in [0.2, 0.25) is 0 Å². The van der Waals surface area contributed by atoms with Crippen LogP contribution in [0.1, 0.15) is 44.7 Å². The minimum atomic E-state index is 0. The summed E-state index contributed by atoms with van der Waals surface area (Å²) in [6.45, 7) is 8.47. The van der Waals surface area contributed by atoms with Crippen LogP contribution >= 0.6 is 0 Å². The molecule has 0 fully saturated rings. The normalized spacial score (nSPS) is 12.8. The molecule has 1 nitrogen and oxygen atoms in total. The SMILES string of the molecule is CC(C=O)c1ccc(C(C)(C)C)cc1.[Na]. The van der Waals surface area contributed by atoms with Crippen molar-refractivity contribution in [3.05, 3.63) is 35.4 Å². The molecule has 1 radical (unpaired) electrons. The molecule has 0 bridgehead atoms. The monoisotopic (exact) mass is 213 g/mol. The Morgan fingerprint density at radius 1 is 1.13 bits per heavy atom. The molecule has 0 aromatic heterocycles. The summed E-state index contributed by atoms with van der Waals surface area (Å²) >= 11 is 0. The first-order chi connectivity index (χ1) is 6.45. The average molecular weight is 213 g/mol.